The second-order valence-electron chi connectivity index (χ2n) is 3.80. The summed E-state index contributed by atoms with van der Waals surface area (Å²) in [6.45, 7) is 3.37. The Bertz CT molecular complexity index is 284. The van der Waals surface area contributed by atoms with Crippen LogP contribution in [0.3, 0.4) is 0 Å². The Morgan fingerprint density at radius 1 is 1.41 bits per heavy atom. The van der Waals surface area contributed by atoms with Crippen LogP contribution >= 0.6 is 0 Å². The number of hydrogen-bond acceptors (Lipinski definition) is 3. The molecule has 3 heteroatoms. The van der Waals surface area contributed by atoms with Crippen molar-refractivity contribution in [1.29, 1.82) is 0 Å². The lowest BCUT2D eigenvalue weighted by atomic mass is 10.1. The van der Waals surface area contributed by atoms with Crippen LogP contribution in [-0.4, -0.2) is 17.4 Å². The van der Waals surface area contributed by atoms with Gasteiger partial charge in [-0.15, -0.1) is 0 Å². The highest BCUT2D eigenvalue weighted by Crippen LogP contribution is 2.06. The normalized spacial score (nSPS) is 11.9. The van der Waals surface area contributed by atoms with Crippen LogP contribution < -0.4 is 0 Å². The van der Waals surface area contributed by atoms with Crippen LogP contribution in [0, 0.1) is 11.8 Å². The first-order chi connectivity index (χ1) is 8.16. The molecule has 0 fully saturated rings. The van der Waals surface area contributed by atoms with Gasteiger partial charge in [0.1, 0.15) is 0 Å². The molecule has 0 aromatic rings. The summed E-state index contributed by atoms with van der Waals surface area (Å²) in [5.41, 5.74) is 0. The average molecular weight is 238 g/mol. The fourth-order valence-electron chi connectivity index (χ4n) is 1.27. The minimum Gasteiger partial charge on any atom is -0.436 e. The van der Waals surface area contributed by atoms with E-state index in [1.807, 2.05) is 12.2 Å². The second kappa shape index (κ2) is 11.2. The zero-order valence-electron chi connectivity index (χ0n) is 10.7. The van der Waals surface area contributed by atoms with E-state index in [9.17, 15) is 9.90 Å². The van der Waals surface area contributed by atoms with E-state index in [-0.39, 0.29) is 0 Å². The molecule has 0 rings (SSSR count). The van der Waals surface area contributed by atoms with Crippen molar-refractivity contribution in [2.24, 2.45) is 0 Å². The minimum atomic E-state index is -0.953. The van der Waals surface area contributed by atoms with Gasteiger partial charge in [-0.2, -0.15) is 0 Å². The summed E-state index contributed by atoms with van der Waals surface area (Å²) in [6.07, 6.45) is 8.20. The molecule has 0 radical (unpaired) electrons. The second-order valence-corrected chi connectivity index (χ2v) is 3.80. The van der Waals surface area contributed by atoms with Gasteiger partial charge in [-0.05, 0) is 25.3 Å². The first-order valence-corrected chi connectivity index (χ1v) is 6.15. The van der Waals surface area contributed by atoms with E-state index in [2.05, 4.69) is 23.5 Å². The quantitative estimate of drug-likeness (QED) is 0.321. The van der Waals surface area contributed by atoms with Gasteiger partial charge in [-0.3, -0.25) is 4.79 Å². The van der Waals surface area contributed by atoms with Crippen LogP contribution in [0.2, 0.25) is 0 Å². The van der Waals surface area contributed by atoms with Gasteiger partial charge in [0, 0.05) is 19.8 Å². The maximum Gasteiger partial charge on any atom is 0.304 e. The Balaban J connectivity index is 3.36. The summed E-state index contributed by atoms with van der Waals surface area (Å²) in [5.74, 6) is 5.58. The monoisotopic (exact) mass is 238 g/mol. The van der Waals surface area contributed by atoms with E-state index in [1.54, 1.807) is 0 Å². The molecule has 1 unspecified atom stereocenters. The first kappa shape index (κ1) is 15.7. The van der Waals surface area contributed by atoms with Crippen LogP contribution in [0.4, 0.5) is 0 Å². The van der Waals surface area contributed by atoms with E-state index in [1.165, 1.54) is 6.92 Å². The molecule has 17 heavy (non-hydrogen) atoms. The van der Waals surface area contributed by atoms with Crippen molar-refractivity contribution in [3.05, 3.63) is 12.2 Å². The number of carbonyl (C=O) groups is 1. The number of aliphatic hydroxyl groups excluding tert-OH is 1. The molecule has 1 atom stereocenters. The highest BCUT2D eigenvalue weighted by atomic mass is 16.6. The smallest absolute Gasteiger partial charge is 0.304 e. The molecule has 0 aliphatic heterocycles. The number of carbonyl (C=O) groups excluding carboxylic acids is 1. The van der Waals surface area contributed by atoms with Gasteiger partial charge in [-0.1, -0.05) is 31.3 Å². The number of rotatable bonds is 7. The number of esters is 1. The van der Waals surface area contributed by atoms with Crippen molar-refractivity contribution in [3.8, 4) is 11.8 Å². The Morgan fingerprint density at radius 3 is 2.82 bits per heavy atom. The average Bonchev–Trinajstić information content (AvgIpc) is 2.26. The topological polar surface area (TPSA) is 46.5 Å². The summed E-state index contributed by atoms with van der Waals surface area (Å²) < 4.78 is 4.60. The van der Waals surface area contributed by atoms with Gasteiger partial charge in [0.15, 0.2) is 0 Å². The third-order valence-corrected chi connectivity index (χ3v) is 2.09. The zero-order chi connectivity index (χ0) is 12.9. The number of hydrogen-bond donors (Lipinski definition) is 1. The van der Waals surface area contributed by atoms with Gasteiger partial charge >= 0.3 is 5.97 Å². The Labute approximate surface area is 104 Å². The van der Waals surface area contributed by atoms with Gasteiger partial charge in [-0.25, -0.2) is 0 Å². The van der Waals surface area contributed by atoms with Crippen LogP contribution in [0.25, 0.3) is 0 Å². The SMILES string of the molecule is CC/C=C\C#CCCCCCC(O)OC(C)=O. The van der Waals surface area contributed by atoms with E-state index >= 15 is 0 Å². The van der Waals surface area contributed by atoms with Crippen molar-refractivity contribution < 1.29 is 14.6 Å². The minimum absolute atomic E-state index is 0.439. The molecule has 0 bridgehead atoms. The molecule has 0 spiro atoms. The van der Waals surface area contributed by atoms with Gasteiger partial charge in [0.05, 0.1) is 0 Å². The van der Waals surface area contributed by atoms with E-state index in [0.29, 0.717) is 6.42 Å². The lowest BCUT2D eigenvalue weighted by Crippen LogP contribution is -2.14. The molecule has 0 aromatic carbocycles. The summed E-state index contributed by atoms with van der Waals surface area (Å²) in [6, 6.07) is 0. The molecule has 96 valence electrons. The van der Waals surface area contributed by atoms with Crippen molar-refractivity contribution in [1.82, 2.24) is 0 Å². The molecule has 0 aliphatic carbocycles. The van der Waals surface area contributed by atoms with E-state index < -0.39 is 12.3 Å². The Kier molecular flexibility index (Phi) is 10.4. The Hall–Kier alpha value is -1.27. The number of allylic oxidation sites excluding steroid dienone is 2. The third-order valence-electron chi connectivity index (χ3n) is 2.09. The molecule has 0 saturated heterocycles. The summed E-state index contributed by atoms with van der Waals surface area (Å²) in [4.78, 5) is 10.5. The van der Waals surface area contributed by atoms with Gasteiger partial charge in [0.25, 0.3) is 0 Å². The molecule has 0 heterocycles. The highest BCUT2D eigenvalue weighted by Gasteiger charge is 2.05. The lowest BCUT2D eigenvalue weighted by Gasteiger charge is -2.09. The summed E-state index contributed by atoms with van der Waals surface area (Å²) >= 11 is 0. The molecule has 0 aliphatic rings. The summed E-state index contributed by atoms with van der Waals surface area (Å²) in [5, 5.41) is 9.24. The maximum absolute atomic E-state index is 10.5. The molecule has 0 amide bonds. The van der Waals surface area contributed by atoms with Crippen molar-refractivity contribution in [2.45, 2.75) is 58.7 Å². The zero-order valence-corrected chi connectivity index (χ0v) is 10.7. The largest absolute Gasteiger partial charge is 0.436 e. The molecule has 0 saturated carbocycles. The number of unbranched alkanes of at least 4 members (excludes halogenated alkanes) is 3. The van der Waals surface area contributed by atoms with Crippen molar-refractivity contribution in [2.75, 3.05) is 0 Å². The van der Waals surface area contributed by atoms with Crippen LogP contribution in [0.1, 0.15) is 52.4 Å². The maximum atomic E-state index is 10.5. The number of aliphatic hydroxyl groups is 1. The standard InChI is InChI=1S/C14H22O3/c1-3-4-5-6-7-8-9-10-11-12-14(16)17-13(2)15/h4-5,14,16H,3,8-12H2,1-2H3/b5-4-. The number of ether oxygens (including phenoxy) is 1. The summed E-state index contributed by atoms with van der Waals surface area (Å²) in [7, 11) is 0. The van der Waals surface area contributed by atoms with Crippen molar-refractivity contribution >= 4 is 5.97 Å². The van der Waals surface area contributed by atoms with E-state index in [4.69, 9.17) is 0 Å². The lowest BCUT2D eigenvalue weighted by molar-refractivity contribution is -0.165. The Morgan fingerprint density at radius 2 is 2.18 bits per heavy atom. The molecule has 0 aromatic heterocycles. The predicted molar refractivity (Wildman–Crippen MR) is 68.1 cm³/mol. The first-order valence-electron chi connectivity index (χ1n) is 6.15. The van der Waals surface area contributed by atoms with Gasteiger partial charge in [0.2, 0.25) is 6.29 Å². The molecule has 1 N–H and O–H groups in total. The molecular weight excluding hydrogens is 216 g/mol. The fraction of sp³-hybridized carbons (Fsp3) is 0.643. The van der Waals surface area contributed by atoms with Crippen LogP contribution in [0.5, 0.6) is 0 Å². The van der Waals surface area contributed by atoms with E-state index in [0.717, 1.165) is 32.1 Å². The van der Waals surface area contributed by atoms with Crippen LogP contribution in [-0.2, 0) is 9.53 Å². The fourth-order valence-corrected chi connectivity index (χ4v) is 1.27. The molecular formula is C14H22O3. The predicted octanol–water partition coefficient (Wildman–Crippen LogP) is 2.79. The third kappa shape index (κ3) is 12.7. The van der Waals surface area contributed by atoms with Crippen LogP contribution in [0.15, 0.2) is 12.2 Å². The van der Waals surface area contributed by atoms with Gasteiger partial charge < -0.3 is 9.84 Å². The highest BCUT2D eigenvalue weighted by molar-refractivity contribution is 5.65. The van der Waals surface area contributed by atoms with Crippen molar-refractivity contribution in [3.63, 3.8) is 0 Å². The molecule has 3 nitrogen and oxygen atoms in total.